The summed E-state index contributed by atoms with van der Waals surface area (Å²) in [6.45, 7) is 0. The molecule has 16 nitrogen and oxygen atoms in total. The quantitative estimate of drug-likeness (QED) is 0.120. The fourth-order valence-corrected chi connectivity index (χ4v) is 4.96. The number of anilines is 2. The van der Waals surface area contributed by atoms with Crippen molar-refractivity contribution in [2.75, 3.05) is 10.6 Å². The topological polar surface area (TPSA) is 223 Å². The number of aryl methyl sites for hydroxylation is 2. The second-order valence-corrected chi connectivity index (χ2v) is 10.7. The van der Waals surface area contributed by atoms with E-state index < -0.39 is 24.1 Å². The van der Waals surface area contributed by atoms with Gasteiger partial charge in [0.05, 0.1) is 11.3 Å². The van der Waals surface area contributed by atoms with Gasteiger partial charge in [-0.15, -0.1) is 20.4 Å². The van der Waals surface area contributed by atoms with Crippen molar-refractivity contribution < 1.29 is 29.7 Å². The van der Waals surface area contributed by atoms with Crippen molar-refractivity contribution in [3.63, 3.8) is 0 Å². The molecule has 0 spiro atoms. The maximum atomic E-state index is 13.0. The first-order valence-electron chi connectivity index (χ1n) is 14.9. The molecule has 6 aromatic rings. The molecule has 246 valence electrons. The van der Waals surface area contributed by atoms with Crippen LogP contribution in [0.3, 0.4) is 0 Å². The Morgan fingerprint density at radius 2 is 1.20 bits per heavy atom. The van der Waals surface area contributed by atoms with Gasteiger partial charge in [-0.3, -0.25) is 18.7 Å². The Bertz CT molecular complexity index is 2080. The standard InChI is InChI=1S/C33H28N10O6/c44-30(24-8-10-28(40-38-24)42-14-12-34-18-42)36-26-16-20(4-6-22(26)32(46)47)2-1-3-21-5-7-23(33(48)49)27(17-21)37-31(45)25-9-11-29(41-39-25)43-15-13-35-19-43/h4-19,32,46-47H,1-3H2,(H,36,44)(H,37,45)(H,48,49). The van der Waals surface area contributed by atoms with Crippen LogP contribution in [-0.2, 0) is 12.8 Å². The number of imidazole rings is 2. The Kier molecular flexibility index (Phi) is 9.50. The van der Waals surface area contributed by atoms with Crippen LogP contribution in [0.4, 0.5) is 11.4 Å². The van der Waals surface area contributed by atoms with Gasteiger partial charge in [0.25, 0.3) is 11.8 Å². The van der Waals surface area contributed by atoms with Crippen molar-refractivity contribution in [2.45, 2.75) is 25.6 Å². The number of nitrogens with zero attached hydrogens (tertiary/aromatic N) is 8. The molecule has 2 aromatic carbocycles. The van der Waals surface area contributed by atoms with Crippen LogP contribution < -0.4 is 10.6 Å². The van der Waals surface area contributed by atoms with Crippen molar-refractivity contribution in [3.8, 4) is 11.6 Å². The molecule has 0 atom stereocenters. The number of amides is 2. The lowest BCUT2D eigenvalue weighted by Gasteiger charge is -2.14. The number of carboxylic acids is 1. The number of hydrogen-bond acceptors (Lipinski definition) is 11. The number of nitrogens with one attached hydrogen (secondary N) is 2. The molecule has 2 amide bonds. The number of carbonyl (C=O) groups excluding carboxylic acids is 2. The average Bonchev–Trinajstić information content (AvgIpc) is 3.84. The molecule has 6 rings (SSSR count). The molecule has 0 aliphatic carbocycles. The SMILES string of the molecule is O=C(Nc1cc(CCCc2ccc(C(O)O)c(NC(=O)c3ccc(-n4ccnc4)nn3)c2)ccc1C(=O)O)c1ccc(-n2ccnc2)nn1. The van der Waals surface area contributed by atoms with Gasteiger partial charge in [-0.05, 0) is 72.9 Å². The molecule has 4 aromatic heterocycles. The lowest BCUT2D eigenvalue weighted by molar-refractivity contribution is -0.0419. The monoisotopic (exact) mass is 660 g/mol. The van der Waals surface area contributed by atoms with E-state index in [-0.39, 0.29) is 33.9 Å². The second-order valence-electron chi connectivity index (χ2n) is 10.7. The average molecular weight is 661 g/mol. The molecule has 0 aliphatic rings. The largest absolute Gasteiger partial charge is 0.478 e. The Hall–Kier alpha value is -6.65. The first-order valence-corrected chi connectivity index (χ1v) is 14.9. The minimum Gasteiger partial charge on any atom is -0.478 e. The van der Waals surface area contributed by atoms with Crippen molar-refractivity contribution >= 4 is 29.2 Å². The molecule has 0 aliphatic heterocycles. The molecule has 0 saturated carbocycles. The van der Waals surface area contributed by atoms with E-state index in [0.29, 0.717) is 30.9 Å². The van der Waals surface area contributed by atoms with E-state index in [0.717, 1.165) is 11.1 Å². The summed E-state index contributed by atoms with van der Waals surface area (Å²) in [5, 5.41) is 50.9. The van der Waals surface area contributed by atoms with Gasteiger partial charge in [0.15, 0.2) is 29.3 Å². The van der Waals surface area contributed by atoms with Gasteiger partial charge in [0.1, 0.15) is 12.7 Å². The van der Waals surface area contributed by atoms with Crippen LogP contribution in [0, 0.1) is 0 Å². The van der Waals surface area contributed by atoms with Gasteiger partial charge in [-0.2, -0.15) is 0 Å². The van der Waals surface area contributed by atoms with Crippen LogP contribution in [0.2, 0.25) is 0 Å². The number of rotatable bonds is 12. The molecule has 0 bridgehead atoms. The highest BCUT2D eigenvalue weighted by Gasteiger charge is 2.18. The number of benzene rings is 2. The third kappa shape index (κ3) is 7.67. The Labute approximate surface area is 277 Å². The summed E-state index contributed by atoms with van der Waals surface area (Å²) in [6.07, 6.45) is 9.46. The van der Waals surface area contributed by atoms with Crippen LogP contribution in [0.15, 0.2) is 98.1 Å². The number of carboxylic acid groups (broad SMARTS) is 1. The van der Waals surface area contributed by atoms with E-state index in [4.69, 9.17) is 0 Å². The second kappa shape index (κ2) is 14.4. The fraction of sp³-hybridized carbons (Fsp3) is 0.121. The predicted molar refractivity (Wildman–Crippen MR) is 173 cm³/mol. The van der Waals surface area contributed by atoms with E-state index in [1.807, 2.05) is 0 Å². The molecule has 0 radical (unpaired) electrons. The van der Waals surface area contributed by atoms with Gasteiger partial charge < -0.3 is 26.0 Å². The summed E-state index contributed by atoms with van der Waals surface area (Å²) in [7, 11) is 0. The Balaban J connectivity index is 1.11. The Morgan fingerprint density at radius 1 is 0.673 bits per heavy atom. The van der Waals surface area contributed by atoms with Gasteiger partial charge in [0, 0.05) is 36.0 Å². The van der Waals surface area contributed by atoms with Crippen molar-refractivity contribution in [3.05, 3.63) is 132 Å². The third-order valence-corrected chi connectivity index (χ3v) is 7.44. The highest BCUT2D eigenvalue weighted by atomic mass is 16.5. The molecule has 4 heterocycles. The van der Waals surface area contributed by atoms with Crippen LogP contribution in [-0.4, -0.2) is 72.6 Å². The summed E-state index contributed by atoms with van der Waals surface area (Å²) < 4.78 is 3.26. The molecule has 0 fully saturated rings. The van der Waals surface area contributed by atoms with E-state index >= 15 is 0 Å². The predicted octanol–water partition coefficient (Wildman–Crippen LogP) is 3.00. The number of aliphatic hydroxyl groups is 2. The zero-order chi connectivity index (χ0) is 34.3. The van der Waals surface area contributed by atoms with Crippen molar-refractivity contribution in [2.24, 2.45) is 0 Å². The van der Waals surface area contributed by atoms with Gasteiger partial charge in [0.2, 0.25) is 0 Å². The molecule has 0 saturated heterocycles. The lowest BCUT2D eigenvalue weighted by atomic mass is 10.00. The first kappa shape index (κ1) is 32.3. The summed E-state index contributed by atoms with van der Waals surface area (Å²) in [5.74, 6) is -1.47. The van der Waals surface area contributed by atoms with E-state index in [9.17, 15) is 29.7 Å². The van der Waals surface area contributed by atoms with Crippen LogP contribution >= 0.6 is 0 Å². The van der Waals surface area contributed by atoms with E-state index in [2.05, 4.69) is 41.0 Å². The van der Waals surface area contributed by atoms with E-state index in [1.165, 1.54) is 24.3 Å². The number of carbonyl (C=O) groups is 3. The highest BCUT2D eigenvalue weighted by Crippen LogP contribution is 2.26. The number of aromatic carboxylic acids is 1. The summed E-state index contributed by atoms with van der Waals surface area (Å²) in [6, 6.07) is 15.8. The van der Waals surface area contributed by atoms with E-state index in [1.54, 1.807) is 83.0 Å². The Morgan fingerprint density at radius 3 is 1.67 bits per heavy atom. The first-order chi connectivity index (χ1) is 23.7. The number of aromatic nitrogens is 8. The zero-order valence-electron chi connectivity index (χ0n) is 25.6. The van der Waals surface area contributed by atoms with Gasteiger partial charge in [-0.1, -0.05) is 18.2 Å². The lowest BCUT2D eigenvalue weighted by Crippen LogP contribution is -2.17. The molecule has 0 unspecified atom stereocenters. The molecular weight excluding hydrogens is 632 g/mol. The molecule has 16 heteroatoms. The summed E-state index contributed by atoms with van der Waals surface area (Å²) in [5.41, 5.74) is 1.94. The van der Waals surface area contributed by atoms with Crippen LogP contribution in [0.25, 0.3) is 11.6 Å². The summed E-state index contributed by atoms with van der Waals surface area (Å²) >= 11 is 0. The fourth-order valence-electron chi connectivity index (χ4n) is 4.96. The number of hydrogen-bond donors (Lipinski definition) is 5. The van der Waals surface area contributed by atoms with Crippen molar-refractivity contribution in [1.82, 2.24) is 39.5 Å². The highest BCUT2D eigenvalue weighted by molar-refractivity contribution is 6.07. The van der Waals surface area contributed by atoms with Gasteiger partial charge in [-0.25, -0.2) is 14.8 Å². The number of aliphatic hydroxyl groups excluding tert-OH is 1. The van der Waals surface area contributed by atoms with Crippen LogP contribution in [0.5, 0.6) is 0 Å². The van der Waals surface area contributed by atoms with Gasteiger partial charge >= 0.3 is 5.97 Å². The summed E-state index contributed by atoms with van der Waals surface area (Å²) in [4.78, 5) is 45.7. The zero-order valence-corrected chi connectivity index (χ0v) is 25.6. The molecule has 5 N–H and O–H groups in total. The normalized spacial score (nSPS) is 11.0. The minimum absolute atomic E-state index is 0.00323. The molecule has 49 heavy (non-hydrogen) atoms. The third-order valence-electron chi connectivity index (χ3n) is 7.44. The maximum Gasteiger partial charge on any atom is 0.337 e. The maximum absolute atomic E-state index is 13.0. The van der Waals surface area contributed by atoms with Crippen molar-refractivity contribution in [1.29, 1.82) is 0 Å². The minimum atomic E-state index is -1.83. The smallest absolute Gasteiger partial charge is 0.337 e. The molecular formula is C33H28N10O6. The van der Waals surface area contributed by atoms with Crippen LogP contribution in [0.1, 0.15) is 60.7 Å².